The molecule has 0 aromatic heterocycles. The Hall–Kier alpha value is -0.340. The summed E-state index contributed by atoms with van der Waals surface area (Å²) in [6, 6.07) is 0. The third-order valence-corrected chi connectivity index (χ3v) is 2.66. The summed E-state index contributed by atoms with van der Waals surface area (Å²) in [6.45, 7) is 11.8. The van der Waals surface area contributed by atoms with Gasteiger partial charge >= 0.3 is 0 Å². The second-order valence-corrected chi connectivity index (χ2v) is 4.24. The highest BCUT2D eigenvalue weighted by Crippen LogP contribution is 2.27. The Morgan fingerprint density at radius 3 is 2.79 bits per heavy atom. The van der Waals surface area contributed by atoms with Gasteiger partial charge in [0, 0.05) is 19.6 Å². The minimum absolute atomic E-state index is 0.994. The summed E-state index contributed by atoms with van der Waals surface area (Å²) in [5, 5.41) is 3.52. The molecule has 0 radical (unpaired) electrons. The van der Waals surface area contributed by atoms with Crippen LogP contribution in [0.3, 0.4) is 0 Å². The largest absolute Gasteiger partial charge is 0.315 e. The fourth-order valence-electron chi connectivity index (χ4n) is 1.66. The Kier molecular flexibility index (Phi) is 5.88. The third kappa shape index (κ3) is 5.40. The van der Waals surface area contributed by atoms with Gasteiger partial charge in [0.1, 0.15) is 0 Å². The molecule has 0 aromatic rings. The highest BCUT2D eigenvalue weighted by atomic mass is 15.1. The lowest BCUT2D eigenvalue weighted by atomic mass is 10.3. The van der Waals surface area contributed by atoms with Crippen LogP contribution in [-0.4, -0.2) is 37.6 Å². The highest BCUT2D eigenvalue weighted by molar-refractivity contribution is 4.76. The van der Waals surface area contributed by atoms with Crippen molar-refractivity contribution in [3.63, 3.8) is 0 Å². The van der Waals surface area contributed by atoms with Crippen LogP contribution in [0.25, 0.3) is 0 Å². The minimum Gasteiger partial charge on any atom is -0.315 e. The van der Waals surface area contributed by atoms with Crippen LogP contribution in [0.2, 0.25) is 0 Å². The second-order valence-electron chi connectivity index (χ2n) is 4.24. The van der Waals surface area contributed by atoms with E-state index >= 15 is 0 Å². The first-order valence-electron chi connectivity index (χ1n) is 5.90. The summed E-state index contributed by atoms with van der Waals surface area (Å²) in [5.41, 5.74) is 0. The standard InChI is InChI=1S/C12H24N2/c1-3-8-14(9-4-2)10-7-13-11-12-5-6-12/h3,12-13H,1,4-11H2,2H3. The average Bonchev–Trinajstić information content (AvgIpc) is 2.96. The topological polar surface area (TPSA) is 15.3 Å². The fraction of sp³-hybridized carbons (Fsp3) is 0.833. The van der Waals surface area contributed by atoms with Crippen LogP contribution in [0, 0.1) is 5.92 Å². The van der Waals surface area contributed by atoms with E-state index < -0.39 is 0 Å². The average molecular weight is 196 g/mol. The molecule has 0 aliphatic heterocycles. The Morgan fingerprint density at radius 1 is 1.43 bits per heavy atom. The molecule has 1 aliphatic rings. The van der Waals surface area contributed by atoms with Crippen molar-refractivity contribution in [2.24, 2.45) is 5.92 Å². The van der Waals surface area contributed by atoms with E-state index in [4.69, 9.17) is 0 Å². The van der Waals surface area contributed by atoms with E-state index in [2.05, 4.69) is 23.7 Å². The zero-order valence-electron chi connectivity index (χ0n) is 9.47. The van der Waals surface area contributed by atoms with Crippen molar-refractivity contribution in [2.75, 3.05) is 32.7 Å². The molecule has 0 heterocycles. The molecule has 0 spiro atoms. The van der Waals surface area contributed by atoms with E-state index in [-0.39, 0.29) is 0 Å². The summed E-state index contributed by atoms with van der Waals surface area (Å²) < 4.78 is 0. The van der Waals surface area contributed by atoms with E-state index in [1.165, 1.54) is 32.4 Å². The molecule has 0 bridgehead atoms. The van der Waals surface area contributed by atoms with Crippen molar-refractivity contribution in [3.8, 4) is 0 Å². The molecule has 0 atom stereocenters. The molecule has 1 aliphatic carbocycles. The van der Waals surface area contributed by atoms with Crippen LogP contribution in [0.5, 0.6) is 0 Å². The first-order valence-corrected chi connectivity index (χ1v) is 5.90. The summed E-state index contributed by atoms with van der Waals surface area (Å²) >= 11 is 0. The van der Waals surface area contributed by atoms with Gasteiger partial charge in [-0.2, -0.15) is 0 Å². The SMILES string of the molecule is C=CCN(CCC)CCNCC1CC1. The Labute approximate surface area is 88.4 Å². The quantitative estimate of drug-likeness (QED) is 0.447. The molecule has 0 unspecified atom stereocenters. The van der Waals surface area contributed by atoms with Crippen molar-refractivity contribution < 1.29 is 0 Å². The molecule has 0 amide bonds. The third-order valence-electron chi connectivity index (χ3n) is 2.66. The number of nitrogens with zero attached hydrogens (tertiary/aromatic N) is 1. The van der Waals surface area contributed by atoms with Gasteiger partial charge in [0.25, 0.3) is 0 Å². The normalized spacial score (nSPS) is 16.1. The Bertz CT molecular complexity index is 152. The number of hydrogen-bond donors (Lipinski definition) is 1. The summed E-state index contributed by atoms with van der Waals surface area (Å²) in [4.78, 5) is 2.45. The number of hydrogen-bond acceptors (Lipinski definition) is 2. The van der Waals surface area contributed by atoms with E-state index in [1.54, 1.807) is 0 Å². The van der Waals surface area contributed by atoms with Crippen LogP contribution < -0.4 is 5.32 Å². The van der Waals surface area contributed by atoms with Gasteiger partial charge in [-0.25, -0.2) is 0 Å². The van der Waals surface area contributed by atoms with Crippen LogP contribution in [0.15, 0.2) is 12.7 Å². The van der Waals surface area contributed by atoms with Crippen molar-refractivity contribution in [1.82, 2.24) is 10.2 Å². The highest BCUT2D eigenvalue weighted by Gasteiger charge is 2.19. The molecular formula is C12H24N2. The Morgan fingerprint density at radius 2 is 2.21 bits per heavy atom. The maximum atomic E-state index is 3.79. The maximum Gasteiger partial charge on any atom is 0.0161 e. The molecule has 2 heteroatoms. The van der Waals surface area contributed by atoms with Gasteiger partial charge in [-0.15, -0.1) is 6.58 Å². The number of rotatable bonds is 9. The monoisotopic (exact) mass is 196 g/mol. The van der Waals surface area contributed by atoms with Crippen LogP contribution in [-0.2, 0) is 0 Å². The van der Waals surface area contributed by atoms with Crippen LogP contribution >= 0.6 is 0 Å². The van der Waals surface area contributed by atoms with Gasteiger partial charge < -0.3 is 5.32 Å². The zero-order valence-corrected chi connectivity index (χ0v) is 9.47. The van der Waals surface area contributed by atoms with Gasteiger partial charge in [-0.05, 0) is 38.3 Å². The predicted molar refractivity (Wildman–Crippen MR) is 62.5 cm³/mol. The molecule has 14 heavy (non-hydrogen) atoms. The molecule has 1 N–H and O–H groups in total. The van der Waals surface area contributed by atoms with Gasteiger partial charge in [0.15, 0.2) is 0 Å². The van der Waals surface area contributed by atoms with Crippen molar-refractivity contribution in [1.29, 1.82) is 0 Å². The van der Waals surface area contributed by atoms with Crippen LogP contribution in [0.1, 0.15) is 26.2 Å². The van der Waals surface area contributed by atoms with E-state index in [0.717, 1.165) is 25.6 Å². The van der Waals surface area contributed by atoms with E-state index in [1.807, 2.05) is 6.08 Å². The lowest BCUT2D eigenvalue weighted by Crippen LogP contribution is -2.33. The first-order chi connectivity index (χ1) is 6.86. The zero-order chi connectivity index (χ0) is 10.2. The van der Waals surface area contributed by atoms with Crippen molar-refractivity contribution >= 4 is 0 Å². The van der Waals surface area contributed by atoms with Crippen molar-refractivity contribution in [3.05, 3.63) is 12.7 Å². The fourth-order valence-corrected chi connectivity index (χ4v) is 1.66. The lowest BCUT2D eigenvalue weighted by Gasteiger charge is -2.19. The van der Waals surface area contributed by atoms with E-state index in [0.29, 0.717) is 0 Å². The van der Waals surface area contributed by atoms with Crippen LogP contribution in [0.4, 0.5) is 0 Å². The smallest absolute Gasteiger partial charge is 0.0161 e. The lowest BCUT2D eigenvalue weighted by molar-refractivity contribution is 0.301. The maximum absolute atomic E-state index is 3.79. The summed E-state index contributed by atoms with van der Waals surface area (Å²) in [6.07, 6.45) is 6.11. The molecule has 82 valence electrons. The van der Waals surface area contributed by atoms with Gasteiger partial charge in [-0.1, -0.05) is 13.0 Å². The van der Waals surface area contributed by atoms with Crippen molar-refractivity contribution in [2.45, 2.75) is 26.2 Å². The first kappa shape index (κ1) is 11.7. The van der Waals surface area contributed by atoms with Gasteiger partial charge in [0.2, 0.25) is 0 Å². The molecular weight excluding hydrogens is 172 g/mol. The minimum atomic E-state index is 0.994. The van der Waals surface area contributed by atoms with E-state index in [9.17, 15) is 0 Å². The second kappa shape index (κ2) is 7.02. The molecule has 1 fully saturated rings. The van der Waals surface area contributed by atoms with Gasteiger partial charge in [0.05, 0.1) is 0 Å². The number of nitrogens with one attached hydrogen (secondary N) is 1. The molecule has 0 aromatic carbocycles. The molecule has 2 nitrogen and oxygen atoms in total. The predicted octanol–water partition coefficient (Wildman–Crippen LogP) is 1.88. The summed E-state index contributed by atoms with van der Waals surface area (Å²) in [7, 11) is 0. The molecule has 1 saturated carbocycles. The van der Waals surface area contributed by atoms with Gasteiger partial charge in [-0.3, -0.25) is 4.90 Å². The molecule has 1 rings (SSSR count). The molecule has 0 saturated heterocycles. The summed E-state index contributed by atoms with van der Waals surface area (Å²) in [5.74, 6) is 0.994. The Balaban J connectivity index is 1.96.